The Morgan fingerprint density at radius 2 is 2.30 bits per heavy atom. The number of nitrogens with zero attached hydrogens (tertiary/aromatic N) is 4. The number of nitrogens with one attached hydrogen (secondary N) is 1. The molecule has 1 aliphatic heterocycles. The van der Waals surface area contributed by atoms with Gasteiger partial charge in [-0.1, -0.05) is 0 Å². The number of fused-ring (bicyclic) bond motifs is 3. The Balaban J connectivity index is 1.83. The van der Waals surface area contributed by atoms with Crippen molar-refractivity contribution in [2.45, 2.75) is 13.0 Å². The normalized spacial score (nSPS) is 14.0. The van der Waals surface area contributed by atoms with E-state index < -0.39 is 0 Å². The van der Waals surface area contributed by atoms with Crippen LogP contribution in [-0.2, 0) is 17.7 Å². The van der Waals surface area contributed by atoms with Crippen molar-refractivity contribution in [3.8, 4) is 0 Å². The molecule has 3 heterocycles. The second kappa shape index (κ2) is 6.67. The van der Waals surface area contributed by atoms with Gasteiger partial charge < -0.3 is 19.9 Å². The van der Waals surface area contributed by atoms with Crippen molar-refractivity contribution in [2.24, 2.45) is 0 Å². The SMILES string of the molecule is COCCNC(=O)N1CCc2c(sc3ncnc(N(C)C)c23)C1. The maximum absolute atomic E-state index is 12.2. The number of amides is 2. The van der Waals surface area contributed by atoms with E-state index in [1.54, 1.807) is 24.8 Å². The van der Waals surface area contributed by atoms with Gasteiger partial charge in [0.2, 0.25) is 0 Å². The fraction of sp³-hybridized carbons (Fsp3) is 0.533. The minimum absolute atomic E-state index is 0.0379. The van der Waals surface area contributed by atoms with Crippen molar-refractivity contribution in [3.63, 3.8) is 0 Å². The van der Waals surface area contributed by atoms with Gasteiger partial charge in [0, 0.05) is 39.2 Å². The number of carbonyl (C=O) groups excluding carboxylic acids is 1. The van der Waals surface area contributed by atoms with Crippen LogP contribution in [0.15, 0.2) is 6.33 Å². The lowest BCUT2D eigenvalue weighted by Gasteiger charge is -2.27. The van der Waals surface area contributed by atoms with E-state index in [1.807, 2.05) is 23.9 Å². The van der Waals surface area contributed by atoms with Gasteiger partial charge >= 0.3 is 6.03 Å². The number of hydrogen-bond donors (Lipinski definition) is 1. The summed E-state index contributed by atoms with van der Waals surface area (Å²) in [4.78, 5) is 27.1. The molecule has 1 N–H and O–H groups in total. The number of hydrogen-bond acceptors (Lipinski definition) is 6. The van der Waals surface area contributed by atoms with E-state index in [9.17, 15) is 4.79 Å². The molecule has 0 atom stereocenters. The first-order chi connectivity index (χ1) is 11.1. The number of methoxy groups -OCH3 is 1. The van der Waals surface area contributed by atoms with E-state index in [-0.39, 0.29) is 6.03 Å². The molecule has 0 bridgehead atoms. The van der Waals surface area contributed by atoms with E-state index in [4.69, 9.17) is 4.74 Å². The van der Waals surface area contributed by atoms with Crippen LogP contribution in [0.3, 0.4) is 0 Å². The summed E-state index contributed by atoms with van der Waals surface area (Å²) in [7, 11) is 5.61. The molecule has 2 amide bonds. The van der Waals surface area contributed by atoms with Gasteiger partial charge in [-0.25, -0.2) is 14.8 Å². The standard InChI is InChI=1S/C15H21N5O2S/c1-19(2)13-12-10-4-6-20(15(21)16-5-7-22-3)8-11(10)23-14(12)18-9-17-13/h9H,4-8H2,1-3H3,(H,16,21). The molecule has 0 aliphatic carbocycles. The zero-order valence-corrected chi connectivity index (χ0v) is 14.4. The second-order valence-corrected chi connectivity index (χ2v) is 6.76. The molecule has 0 unspecified atom stereocenters. The lowest BCUT2D eigenvalue weighted by molar-refractivity contribution is 0.176. The highest BCUT2D eigenvalue weighted by Gasteiger charge is 2.26. The smallest absolute Gasteiger partial charge is 0.317 e. The zero-order chi connectivity index (χ0) is 16.4. The van der Waals surface area contributed by atoms with Crippen molar-refractivity contribution in [3.05, 3.63) is 16.8 Å². The molecule has 23 heavy (non-hydrogen) atoms. The van der Waals surface area contributed by atoms with Crippen LogP contribution in [0.25, 0.3) is 10.2 Å². The predicted molar refractivity (Wildman–Crippen MR) is 91.1 cm³/mol. The first-order valence-corrected chi connectivity index (χ1v) is 8.37. The molecule has 124 valence electrons. The van der Waals surface area contributed by atoms with E-state index in [0.29, 0.717) is 26.2 Å². The third kappa shape index (κ3) is 3.09. The quantitative estimate of drug-likeness (QED) is 0.857. The molecule has 7 nitrogen and oxygen atoms in total. The van der Waals surface area contributed by atoms with E-state index in [0.717, 1.165) is 22.5 Å². The molecule has 1 aliphatic rings. The molecule has 0 saturated heterocycles. The van der Waals surface area contributed by atoms with Crippen molar-refractivity contribution < 1.29 is 9.53 Å². The number of carbonyl (C=O) groups is 1. The number of urea groups is 1. The molecule has 0 spiro atoms. The molecule has 0 fully saturated rings. The highest BCUT2D eigenvalue weighted by Crippen LogP contribution is 2.37. The maximum Gasteiger partial charge on any atom is 0.317 e. The van der Waals surface area contributed by atoms with Gasteiger partial charge in [0.15, 0.2) is 0 Å². The summed E-state index contributed by atoms with van der Waals surface area (Å²) in [6.45, 7) is 2.39. The highest BCUT2D eigenvalue weighted by molar-refractivity contribution is 7.19. The summed E-state index contributed by atoms with van der Waals surface area (Å²) >= 11 is 1.66. The topological polar surface area (TPSA) is 70.6 Å². The van der Waals surface area contributed by atoms with Crippen molar-refractivity contribution in [2.75, 3.05) is 45.8 Å². The Bertz CT molecular complexity index is 715. The first-order valence-electron chi connectivity index (χ1n) is 7.56. The first kappa shape index (κ1) is 15.9. The largest absolute Gasteiger partial charge is 0.383 e. The van der Waals surface area contributed by atoms with Crippen LogP contribution in [0, 0.1) is 0 Å². The fourth-order valence-electron chi connectivity index (χ4n) is 2.80. The summed E-state index contributed by atoms with van der Waals surface area (Å²) in [5.41, 5.74) is 1.29. The van der Waals surface area contributed by atoms with Crippen LogP contribution in [0.5, 0.6) is 0 Å². The molecular weight excluding hydrogens is 314 g/mol. The molecule has 0 saturated carbocycles. The maximum atomic E-state index is 12.2. The zero-order valence-electron chi connectivity index (χ0n) is 13.6. The van der Waals surface area contributed by atoms with Gasteiger partial charge in [-0.2, -0.15) is 0 Å². The second-order valence-electron chi connectivity index (χ2n) is 5.67. The average Bonchev–Trinajstić information content (AvgIpc) is 2.92. The Kier molecular flexibility index (Phi) is 4.63. The van der Waals surface area contributed by atoms with Gasteiger partial charge in [-0.05, 0) is 12.0 Å². The monoisotopic (exact) mass is 335 g/mol. The fourth-order valence-corrected chi connectivity index (χ4v) is 3.99. The van der Waals surface area contributed by atoms with Crippen LogP contribution in [-0.4, -0.2) is 61.8 Å². The number of rotatable bonds is 4. The summed E-state index contributed by atoms with van der Waals surface area (Å²) in [5.74, 6) is 0.950. The van der Waals surface area contributed by atoms with Crippen molar-refractivity contribution in [1.82, 2.24) is 20.2 Å². The Hall–Kier alpha value is -1.93. The van der Waals surface area contributed by atoms with Crippen LogP contribution in [0.4, 0.5) is 10.6 Å². The Labute approximate surface area is 139 Å². The van der Waals surface area contributed by atoms with E-state index in [2.05, 4.69) is 15.3 Å². The third-order valence-corrected chi connectivity index (χ3v) is 5.03. The minimum Gasteiger partial charge on any atom is -0.383 e. The highest BCUT2D eigenvalue weighted by atomic mass is 32.1. The summed E-state index contributed by atoms with van der Waals surface area (Å²) in [5, 5.41) is 4.01. The van der Waals surface area contributed by atoms with Gasteiger partial charge in [-0.3, -0.25) is 0 Å². The van der Waals surface area contributed by atoms with Gasteiger partial charge in [0.05, 0.1) is 18.5 Å². The van der Waals surface area contributed by atoms with E-state index >= 15 is 0 Å². The Morgan fingerprint density at radius 3 is 3.04 bits per heavy atom. The van der Waals surface area contributed by atoms with Crippen LogP contribution < -0.4 is 10.2 Å². The molecular formula is C15H21N5O2S. The molecule has 0 aromatic carbocycles. The summed E-state index contributed by atoms with van der Waals surface area (Å²) in [6, 6.07) is -0.0379. The Morgan fingerprint density at radius 1 is 1.48 bits per heavy atom. The van der Waals surface area contributed by atoms with E-state index in [1.165, 1.54) is 10.4 Å². The predicted octanol–water partition coefficient (Wildman–Crippen LogP) is 1.47. The third-order valence-electron chi connectivity index (χ3n) is 3.91. The van der Waals surface area contributed by atoms with Crippen molar-refractivity contribution in [1.29, 1.82) is 0 Å². The lowest BCUT2D eigenvalue weighted by Crippen LogP contribution is -2.43. The number of thiophene rings is 1. The van der Waals surface area contributed by atoms with Gasteiger partial charge in [-0.15, -0.1) is 11.3 Å². The summed E-state index contributed by atoms with van der Waals surface area (Å²) in [6.07, 6.45) is 2.44. The summed E-state index contributed by atoms with van der Waals surface area (Å²) < 4.78 is 4.96. The molecule has 3 rings (SSSR count). The number of aromatic nitrogens is 2. The van der Waals surface area contributed by atoms with Crippen LogP contribution in [0.1, 0.15) is 10.4 Å². The molecule has 8 heteroatoms. The lowest BCUT2D eigenvalue weighted by atomic mass is 10.1. The number of anilines is 1. The average molecular weight is 335 g/mol. The van der Waals surface area contributed by atoms with Gasteiger partial charge in [0.25, 0.3) is 0 Å². The number of ether oxygens (including phenoxy) is 1. The minimum atomic E-state index is -0.0379. The molecule has 2 aromatic rings. The van der Waals surface area contributed by atoms with Crippen LogP contribution in [0.2, 0.25) is 0 Å². The van der Waals surface area contributed by atoms with Crippen LogP contribution >= 0.6 is 11.3 Å². The molecule has 0 radical (unpaired) electrons. The van der Waals surface area contributed by atoms with Gasteiger partial charge in [0.1, 0.15) is 17.0 Å². The molecule has 2 aromatic heterocycles. The van der Waals surface area contributed by atoms with Crippen molar-refractivity contribution >= 4 is 33.4 Å².